The lowest BCUT2D eigenvalue weighted by Crippen LogP contribution is -2.04. The van der Waals surface area contributed by atoms with Crippen molar-refractivity contribution in [1.82, 2.24) is 0 Å². The monoisotopic (exact) mass is 252 g/mol. The first-order chi connectivity index (χ1) is 9.13. The molecule has 2 nitrogen and oxygen atoms in total. The Morgan fingerprint density at radius 2 is 1.68 bits per heavy atom. The molecule has 0 saturated heterocycles. The number of Topliss-reactive ketones (excluding diaryl/α,β-unsaturated/α-hetero) is 1. The quantitative estimate of drug-likeness (QED) is 0.609. The standard InChI is InChI=1S/C17H16O2/c1-12-8-10-14(11-9-12)13(2)17(18)15-6-4-5-7-16(15)19-3/h4-11H,2H2,1,3H3. The van der Waals surface area contributed by atoms with E-state index < -0.39 is 0 Å². The topological polar surface area (TPSA) is 26.3 Å². The maximum absolute atomic E-state index is 12.4. The fourth-order valence-electron chi connectivity index (χ4n) is 1.88. The summed E-state index contributed by atoms with van der Waals surface area (Å²) in [4.78, 5) is 12.4. The summed E-state index contributed by atoms with van der Waals surface area (Å²) < 4.78 is 5.21. The van der Waals surface area contributed by atoms with Gasteiger partial charge < -0.3 is 4.74 Å². The molecule has 0 radical (unpaired) electrons. The van der Waals surface area contributed by atoms with Gasteiger partial charge in [-0.05, 0) is 24.6 Å². The summed E-state index contributed by atoms with van der Waals surface area (Å²) in [7, 11) is 1.56. The molecule has 0 saturated carbocycles. The van der Waals surface area contributed by atoms with E-state index in [9.17, 15) is 4.79 Å². The lowest BCUT2D eigenvalue weighted by Gasteiger charge is -2.09. The largest absolute Gasteiger partial charge is 0.496 e. The van der Waals surface area contributed by atoms with E-state index in [0.717, 1.165) is 11.1 Å². The molecule has 2 rings (SSSR count). The lowest BCUT2D eigenvalue weighted by molar-refractivity contribution is 0.105. The van der Waals surface area contributed by atoms with Crippen LogP contribution in [0.1, 0.15) is 21.5 Å². The Balaban J connectivity index is 2.34. The van der Waals surface area contributed by atoms with E-state index in [-0.39, 0.29) is 5.78 Å². The van der Waals surface area contributed by atoms with Gasteiger partial charge in [-0.3, -0.25) is 4.79 Å². The smallest absolute Gasteiger partial charge is 0.196 e. The number of para-hydroxylation sites is 1. The van der Waals surface area contributed by atoms with Crippen LogP contribution in [0.25, 0.3) is 5.57 Å². The van der Waals surface area contributed by atoms with Crippen LogP contribution in [-0.4, -0.2) is 12.9 Å². The SMILES string of the molecule is C=C(C(=O)c1ccccc1OC)c1ccc(C)cc1. The molecule has 0 amide bonds. The molecular weight excluding hydrogens is 236 g/mol. The Morgan fingerprint density at radius 3 is 2.32 bits per heavy atom. The Bertz CT molecular complexity index is 609. The van der Waals surface area contributed by atoms with E-state index in [1.54, 1.807) is 19.2 Å². The van der Waals surface area contributed by atoms with Gasteiger partial charge in [-0.1, -0.05) is 48.5 Å². The predicted molar refractivity (Wildman–Crippen MR) is 77.5 cm³/mol. The number of hydrogen-bond donors (Lipinski definition) is 0. The van der Waals surface area contributed by atoms with Crippen LogP contribution in [0, 0.1) is 6.92 Å². The molecular formula is C17H16O2. The molecule has 0 unspecified atom stereocenters. The molecule has 0 atom stereocenters. The minimum Gasteiger partial charge on any atom is -0.496 e. The van der Waals surface area contributed by atoms with Crippen molar-refractivity contribution in [2.45, 2.75) is 6.92 Å². The van der Waals surface area contributed by atoms with E-state index in [1.807, 2.05) is 43.3 Å². The molecule has 96 valence electrons. The summed E-state index contributed by atoms with van der Waals surface area (Å²) >= 11 is 0. The van der Waals surface area contributed by atoms with Crippen LogP contribution in [0.4, 0.5) is 0 Å². The maximum Gasteiger partial charge on any atom is 0.196 e. The molecule has 2 heteroatoms. The minimum absolute atomic E-state index is 0.110. The fraction of sp³-hybridized carbons (Fsp3) is 0.118. The number of rotatable bonds is 4. The zero-order valence-corrected chi connectivity index (χ0v) is 11.1. The summed E-state index contributed by atoms with van der Waals surface area (Å²) in [5.41, 5.74) is 3.00. The average molecular weight is 252 g/mol. The van der Waals surface area contributed by atoms with E-state index >= 15 is 0 Å². The summed E-state index contributed by atoms with van der Waals surface area (Å²) in [5.74, 6) is 0.460. The second-order valence-electron chi connectivity index (χ2n) is 4.37. The summed E-state index contributed by atoms with van der Waals surface area (Å²) in [6.07, 6.45) is 0. The average Bonchev–Trinajstić information content (AvgIpc) is 2.46. The number of methoxy groups -OCH3 is 1. The van der Waals surface area contributed by atoms with Crippen LogP contribution < -0.4 is 4.74 Å². The van der Waals surface area contributed by atoms with Crippen molar-refractivity contribution in [3.63, 3.8) is 0 Å². The molecule has 19 heavy (non-hydrogen) atoms. The Kier molecular flexibility index (Phi) is 3.81. The first-order valence-corrected chi connectivity index (χ1v) is 6.07. The summed E-state index contributed by atoms with van der Waals surface area (Å²) in [5, 5.41) is 0. The van der Waals surface area contributed by atoms with Crippen molar-refractivity contribution in [2.24, 2.45) is 0 Å². The first kappa shape index (κ1) is 13.1. The molecule has 2 aromatic carbocycles. The van der Waals surface area contributed by atoms with E-state index in [0.29, 0.717) is 16.9 Å². The highest BCUT2D eigenvalue weighted by molar-refractivity contribution is 6.29. The van der Waals surface area contributed by atoms with Crippen molar-refractivity contribution in [3.05, 3.63) is 71.8 Å². The highest BCUT2D eigenvalue weighted by Crippen LogP contribution is 2.24. The normalized spacial score (nSPS) is 10.0. The van der Waals surface area contributed by atoms with Gasteiger partial charge in [-0.15, -0.1) is 0 Å². The first-order valence-electron chi connectivity index (χ1n) is 6.07. The molecule has 0 bridgehead atoms. The van der Waals surface area contributed by atoms with Crippen LogP contribution in [0.3, 0.4) is 0 Å². The maximum atomic E-state index is 12.4. The van der Waals surface area contributed by atoms with E-state index in [4.69, 9.17) is 4.74 Å². The van der Waals surface area contributed by atoms with Gasteiger partial charge in [0.2, 0.25) is 0 Å². The number of allylic oxidation sites excluding steroid dienone is 1. The number of ketones is 1. The molecule has 0 aromatic heterocycles. The van der Waals surface area contributed by atoms with Gasteiger partial charge in [-0.25, -0.2) is 0 Å². The number of ether oxygens (including phenoxy) is 1. The third-order valence-corrected chi connectivity index (χ3v) is 3.03. The molecule has 0 heterocycles. The van der Waals surface area contributed by atoms with Gasteiger partial charge in [0.1, 0.15) is 5.75 Å². The van der Waals surface area contributed by atoms with E-state index in [1.165, 1.54) is 0 Å². The zero-order chi connectivity index (χ0) is 13.8. The van der Waals surface area contributed by atoms with Gasteiger partial charge in [-0.2, -0.15) is 0 Å². The van der Waals surface area contributed by atoms with Crippen LogP contribution in [0.5, 0.6) is 5.75 Å². The van der Waals surface area contributed by atoms with Gasteiger partial charge in [0.25, 0.3) is 0 Å². The van der Waals surface area contributed by atoms with Crippen LogP contribution in [0.2, 0.25) is 0 Å². The van der Waals surface area contributed by atoms with Gasteiger partial charge in [0.15, 0.2) is 5.78 Å². The number of carbonyl (C=O) groups is 1. The molecule has 2 aromatic rings. The van der Waals surface area contributed by atoms with Gasteiger partial charge >= 0.3 is 0 Å². The van der Waals surface area contributed by atoms with Gasteiger partial charge in [0.05, 0.1) is 12.7 Å². The minimum atomic E-state index is -0.110. The highest BCUT2D eigenvalue weighted by atomic mass is 16.5. The Morgan fingerprint density at radius 1 is 1.05 bits per heavy atom. The van der Waals surface area contributed by atoms with Crippen molar-refractivity contribution in [2.75, 3.05) is 7.11 Å². The van der Waals surface area contributed by atoms with E-state index in [2.05, 4.69) is 6.58 Å². The number of carbonyl (C=O) groups excluding carboxylic acids is 1. The third kappa shape index (κ3) is 2.74. The molecule has 0 spiro atoms. The molecule has 0 aliphatic heterocycles. The van der Waals surface area contributed by atoms with Crippen LogP contribution >= 0.6 is 0 Å². The Labute approximate surface area is 113 Å². The second-order valence-corrected chi connectivity index (χ2v) is 4.37. The zero-order valence-electron chi connectivity index (χ0n) is 11.1. The molecule has 0 fully saturated rings. The van der Waals surface area contributed by atoms with Crippen molar-refractivity contribution in [3.8, 4) is 5.75 Å². The van der Waals surface area contributed by atoms with Gasteiger partial charge in [0, 0.05) is 5.57 Å². The molecule has 0 N–H and O–H groups in total. The van der Waals surface area contributed by atoms with Crippen LogP contribution in [-0.2, 0) is 0 Å². The predicted octanol–water partition coefficient (Wildman–Crippen LogP) is 3.90. The van der Waals surface area contributed by atoms with Crippen molar-refractivity contribution < 1.29 is 9.53 Å². The number of aryl methyl sites for hydroxylation is 1. The second kappa shape index (κ2) is 5.53. The molecule has 0 aliphatic rings. The summed E-state index contributed by atoms with van der Waals surface area (Å²) in [6, 6.07) is 14.9. The number of hydrogen-bond acceptors (Lipinski definition) is 2. The lowest BCUT2D eigenvalue weighted by atomic mass is 9.97. The number of benzene rings is 2. The van der Waals surface area contributed by atoms with Crippen molar-refractivity contribution in [1.29, 1.82) is 0 Å². The van der Waals surface area contributed by atoms with Crippen LogP contribution in [0.15, 0.2) is 55.1 Å². The summed E-state index contributed by atoms with van der Waals surface area (Å²) in [6.45, 7) is 5.91. The fourth-order valence-corrected chi connectivity index (χ4v) is 1.88. The van der Waals surface area contributed by atoms with Crippen molar-refractivity contribution >= 4 is 11.4 Å². The highest BCUT2D eigenvalue weighted by Gasteiger charge is 2.15. The molecule has 0 aliphatic carbocycles. The third-order valence-electron chi connectivity index (χ3n) is 3.03. The Hall–Kier alpha value is -2.35.